The van der Waals surface area contributed by atoms with Crippen LogP contribution in [0, 0.1) is 0 Å². The van der Waals surface area contributed by atoms with Crippen molar-refractivity contribution in [1.82, 2.24) is 24.3 Å². The van der Waals surface area contributed by atoms with Gasteiger partial charge in [-0.05, 0) is 6.92 Å². The first-order valence-electron chi connectivity index (χ1n) is 6.42. The molecule has 120 valence electrons. The number of rotatable bonds is 3. The van der Waals surface area contributed by atoms with Crippen LogP contribution in [-0.2, 0) is 35.8 Å². The fourth-order valence-electron chi connectivity index (χ4n) is 2.34. The summed E-state index contributed by atoms with van der Waals surface area (Å²) in [5.74, 6) is 0. The largest absolute Gasteiger partial charge is 0.434 e. The quantitative estimate of drug-likeness (QED) is 0.903. The summed E-state index contributed by atoms with van der Waals surface area (Å²) in [6.07, 6.45) is -2.88. The average molecular weight is 335 g/mol. The minimum Gasteiger partial charge on any atom is -0.307 e. The smallest absolute Gasteiger partial charge is 0.307 e. The normalized spacial score (nSPS) is 15.3. The minimum absolute atomic E-state index is 0.0934. The lowest BCUT2D eigenvalue weighted by molar-refractivity contribution is -0.146. The fourth-order valence-corrected chi connectivity index (χ4v) is 3.66. The number of nitrogens with one attached hydrogen (secondary N) is 1. The molecule has 1 N–H and O–H groups in total. The van der Waals surface area contributed by atoms with E-state index in [1.165, 1.54) is 13.1 Å². The molecule has 0 atom stereocenters. The predicted octanol–water partition coefficient (Wildman–Crippen LogP) is 0.958. The lowest BCUT2D eigenvalue weighted by Gasteiger charge is -2.11. The van der Waals surface area contributed by atoms with Crippen LogP contribution in [0.2, 0.25) is 0 Å². The number of hydrogen-bond donors (Lipinski definition) is 1. The number of hydrogen-bond acceptors (Lipinski definition) is 5. The van der Waals surface area contributed by atoms with E-state index in [0.717, 1.165) is 0 Å². The average Bonchev–Trinajstić information content (AvgIpc) is 3.10. The lowest BCUT2D eigenvalue weighted by atomic mass is 10.3. The van der Waals surface area contributed by atoms with Crippen molar-refractivity contribution in [1.29, 1.82) is 0 Å². The molecule has 0 aliphatic carbocycles. The third-order valence-corrected chi connectivity index (χ3v) is 4.90. The van der Waals surface area contributed by atoms with E-state index in [1.54, 1.807) is 0 Å². The number of halogens is 3. The summed E-state index contributed by atoms with van der Waals surface area (Å²) in [6, 6.07) is 0. The van der Waals surface area contributed by atoms with Gasteiger partial charge in [0.2, 0.25) is 0 Å². The van der Waals surface area contributed by atoms with Crippen molar-refractivity contribution in [3.05, 3.63) is 29.3 Å². The van der Waals surface area contributed by atoms with Gasteiger partial charge in [0.05, 0.1) is 11.9 Å². The highest BCUT2D eigenvalue weighted by Crippen LogP contribution is 2.35. The molecule has 2 aromatic rings. The van der Waals surface area contributed by atoms with Crippen molar-refractivity contribution in [3.63, 3.8) is 0 Å². The molecule has 11 heteroatoms. The standard InChI is InChI=1S/C11H12F3N5O2S/c1-2-18-10(11(12,13)14)9(5-16-18)22(20,21)19-6-7-3-15-4-8(7)17-19/h5-6,15H,2-4H2,1H3. The van der Waals surface area contributed by atoms with Crippen LogP contribution < -0.4 is 5.32 Å². The van der Waals surface area contributed by atoms with E-state index in [4.69, 9.17) is 0 Å². The highest BCUT2D eigenvalue weighted by molar-refractivity contribution is 7.89. The molecule has 0 unspecified atom stereocenters. The van der Waals surface area contributed by atoms with Crippen LogP contribution in [0.1, 0.15) is 23.9 Å². The molecule has 3 rings (SSSR count). The summed E-state index contributed by atoms with van der Waals surface area (Å²) < 4.78 is 65.6. The van der Waals surface area contributed by atoms with Crippen LogP contribution in [-0.4, -0.2) is 27.4 Å². The molecule has 1 aliphatic heterocycles. The van der Waals surface area contributed by atoms with E-state index in [-0.39, 0.29) is 6.54 Å². The molecule has 0 fully saturated rings. The highest BCUT2D eigenvalue weighted by Gasteiger charge is 2.42. The summed E-state index contributed by atoms with van der Waals surface area (Å²) in [5, 5.41) is 10.3. The van der Waals surface area contributed by atoms with Gasteiger partial charge in [0.25, 0.3) is 10.0 Å². The number of nitrogens with zero attached hydrogens (tertiary/aromatic N) is 4. The van der Waals surface area contributed by atoms with Crippen molar-refractivity contribution in [3.8, 4) is 0 Å². The van der Waals surface area contributed by atoms with E-state index in [2.05, 4.69) is 15.5 Å². The molecular weight excluding hydrogens is 323 g/mol. The number of aromatic nitrogens is 4. The summed E-state index contributed by atoms with van der Waals surface area (Å²) in [6.45, 7) is 2.18. The Hall–Kier alpha value is -1.88. The van der Waals surface area contributed by atoms with Crippen LogP contribution in [0.25, 0.3) is 0 Å². The van der Waals surface area contributed by atoms with E-state index < -0.39 is 26.8 Å². The molecule has 0 saturated carbocycles. The molecule has 0 spiro atoms. The Kier molecular flexibility index (Phi) is 3.29. The Bertz CT molecular complexity index is 800. The van der Waals surface area contributed by atoms with Gasteiger partial charge in [0, 0.05) is 31.4 Å². The SMILES string of the molecule is CCn1ncc(S(=O)(=O)n2cc3c(n2)CNC3)c1C(F)(F)F. The Morgan fingerprint density at radius 2 is 2.09 bits per heavy atom. The molecule has 3 heterocycles. The van der Waals surface area contributed by atoms with Gasteiger partial charge in [0.1, 0.15) is 4.90 Å². The van der Waals surface area contributed by atoms with Gasteiger partial charge in [-0.3, -0.25) is 4.68 Å². The number of fused-ring (bicyclic) bond motifs is 1. The van der Waals surface area contributed by atoms with Gasteiger partial charge < -0.3 is 5.32 Å². The topological polar surface area (TPSA) is 81.8 Å². The molecule has 0 bridgehead atoms. The summed E-state index contributed by atoms with van der Waals surface area (Å²) >= 11 is 0. The summed E-state index contributed by atoms with van der Waals surface area (Å²) in [4.78, 5) is -0.893. The third kappa shape index (κ3) is 2.20. The first-order valence-corrected chi connectivity index (χ1v) is 7.86. The lowest BCUT2D eigenvalue weighted by Crippen LogP contribution is -2.21. The van der Waals surface area contributed by atoms with Crippen molar-refractivity contribution >= 4 is 10.0 Å². The summed E-state index contributed by atoms with van der Waals surface area (Å²) in [5.41, 5.74) is -0.121. The first kappa shape index (κ1) is 15.0. The minimum atomic E-state index is -4.83. The van der Waals surface area contributed by atoms with Crippen LogP contribution in [0.3, 0.4) is 0 Å². The van der Waals surface area contributed by atoms with Crippen molar-refractivity contribution < 1.29 is 21.6 Å². The van der Waals surface area contributed by atoms with E-state index >= 15 is 0 Å². The van der Waals surface area contributed by atoms with Gasteiger partial charge in [-0.1, -0.05) is 0 Å². The maximum absolute atomic E-state index is 13.2. The van der Waals surface area contributed by atoms with E-state index in [9.17, 15) is 21.6 Å². The Morgan fingerprint density at radius 3 is 2.68 bits per heavy atom. The second-order valence-electron chi connectivity index (χ2n) is 4.75. The predicted molar refractivity (Wildman–Crippen MR) is 68.3 cm³/mol. The van der Waals surface area contributed by atoms with Crippen LogP contribution in [0.15, 0.2) is 17.3 Å². The van der Waals surface area contributed by atoms with Gasteiger partial charge in [0.15, 0.2) is 5.69 Å². The zero-order valence-electron chi connectivity index (χ0n) is 11.4. The van der Waals surface area contributed by atoms with Crippen LogP contribution in [0.4, 0.5) is 13.2 Å². The van der Waals surface area contributed by atoms with Crippen LogP contribution in [0.5, 0.6) is 0 Å². The fraction of sp³-hybridized carbons (Fsp3) is 0.455. The molecule has 7 nitrogen and oxygen atoms in total. The zero-order chi connectivity index (χ0) is 16.1. The maximum atomic E-state index is 13.2. The number of aryl methyl sites for hydroxylation is 1. The molecule has 2 aromatic heterocycles. The Balaban J connectivity index is 2.15. The zero-order valence-corrected chi connectivity index (χ0v) is 12.2. The second kappa shape index (κ2) is 4.81. The molecule has 1 aliphatic rings. The van der Waals surface area contributed by atoms with Gasteiger partial charge in [-0.25, -0.2) is 0 Å². The van der Waals surface area contributed by atoms with Crippen molar-refractivity contribution in [2.75, 3.05) is 0 Å². The molecule has 0 aromatic carbocycles. The molecule has 0 saturated heterocycles. The van der Waals surface area contributed by atoms with Crippen molar-refractivity contribution in [2.24, 2.45) is 0 Å². The highest BCUT2D eigenvalue weighted by atomic mass is 32.2. The second-order valence-corrected chi connectivity index (χ2v) is 6.52. The monoisotopic (exact) mass is 335 g/mol. The molecular formula is C11H12F3N5O2S. The Morgan fingerprint density at radius 1 is 1.36 bits per heavy atom. The molecule has 0 radical (unpaired) electrons. The molecule has 0 amide bonds. The summed E-state index contributed by atoms with van der Waals surface area (Å²) in [7, 11) is -4.45. The van der Waals surface area contributed by atoms with E-state index in [1.807, 2.05) is 0 Å². The van der Waals surface area contributed by atoms with Crippen LogP contribution >= 0.6 is 0 Å². The maximum Gasteiger partial charge on any atom is 0.434 e. The Labute approximate surface area is 123 Å². The van der Waals surface area contributed by atoms with Gasteiger partial charge in [-0.15, -0.1) is 0 Å². The third-order valence-electron chi connectivity index (χ3n) is 3.36. The van der Waals surface area contributed by atoms with Crippen molar-refractivity contribution in [2.45, 2.75) is 37.6 Å². The number of alkyl halides is 3. The van der Waals surface area contributed by atoms with E-state index in [0.29, 0.717) is 39.3 Å². The molecule has 22 heavy (non-hydrogen) atoms. The first-order chi connectivity index (χ1) is 10.2. The van der Waals surface area contributed by atoms with Gasteiger partial charge >= 0.3 is 6.18 Å². The van der Waals surface area contributed by atoms with Gasteiger partial charge in [-0.2, -0.15) is 35.9 Å².